The van der Waals surface area contributed by atoms with Crippen molar-refractivity contribution in [1.82, 2.24) is 0 Å². The molecule has 2 rings (SSSR count). The Morgan fingerprint density at radius 3 is 2.09 bits per heavy atom. The predicted octanol–water partition coefficient (Wildman–Crippen LogP) is 3.53. The Hall–Kier alpha value is -2.43. The summed E-state index contributed by atoms with van der Waals surface area (Å²) >= 11 is 0. The van der Waals surface area contributed by atoms with E-state index in [0.29, 0.717) is 19.1 Å². The lowest BCUT2D eigenvalue weighted by atomic mass is 9.90. The van der Waals surface area contributed by atoms with Crippen LogP contribution in [0.3, 0.4) is 0 Å². The Labute approximate surface area is 184 Å². The Morgan fingerprint density at radius 1 is 1.12 bits per heavy atom. The minimum absolute atomic E-state index is 0.475. The summed E-state index contributed by atoms with van der Waals surface area (Å²) in [5.41, 5.74) is -2.81. The van der Waals surface area contributed by atoms with Gasteiger partial charge in [-0.05, 0) is 39.7 Å². The molecule has 1 N–H and O–H groups in total. The van der Waals surface area contributed by atoms with Crippen LogP contribution in [-0.2, 0) is 24.2 Å². The fraction of sp³-hybridized carbons (Fsp3) is 0.571. The molecule has 1 aliphatic carbocycles. The Balaban J connectivity index is 2.70. The second-order valence-corrected chi connectivity index (χ2v) is 10.6. The monoisotopic (exact) mass is 477 g/mol. The second-order valence-electron chi connectivity index (χ2n) is 8.67. The zero-order chi connectivity index (χ0) is 24.6. The number of hydrogen-bond acceptors (Lipinski definition) is 7. The molecule has 178 valence electrons. The molecule has 32 heavy (non-hydrogen) atoms. The number of hydrogen-bond donors (Lipinski definition) is 1. The van der Waals surface area contributed by atoms with Gasteiger partial charge >= 0.3 is 5.97 Å². The lowest BCUT2D eigenvalue weighted by molar-refractivity contribution is -0.160. The molecule has 1 saturated carbocycles. The van der Waals surface area contributed by atoms with E-state index in [9.17, 15) is 36.0 Å². The van der Waals surface area contributed by atoms with Crippen molar-refractivity contribution in [3.8, 4) is 0 Å². The number of esters is 1. The Kier molecular flexibility index (Phi) is 7.43. The van der Waals surface area contributed by atoms with Gasteiger partial charge in [-0.2, -0.15) is 0 Å². The number of carbonyl (C=O) groups is 3. The number of alkyl halides is 3. The van der Waals surface area contributed by atoms with Gasteiger partial charge in [0, 0.05) is 30.3 Å². The summed E-state index contributed by atoms with van der Waals surface area (Å²) in [4.78, 5) is 38.1. The molecule has 1 aliphatic rings. The van der Waals surface area contributed by atoms with E-state index in [2.05, 4.69) is 5.32 Å². The molecule has 0 heterocycles. The molecular formula is C21H26F3NO6S. The average Bonchev–Trinajstić information content (AvgIpc) is 3.49. The van der Waals surface area contributed by atoms with Crippen LogP contribution in [0.4, 0.5) is 18.9 Å². The van der Waals surface area contributed by atoms with Crippen molar-refractivity contribution >= 4 is 33.1 Å². The summed E-state index contributed by atoms with van der Waals surface area (Å²) in [7, 11) is -3.10. The summed E-state index contributed by atoms with van der Waals surface area (Å²) in [6, 6.07) is 1.69. The maximum Gasteiger partial charge on any atom is 0.325 e. The van der Waals surface area contributed by atoms with Crippen LogP contribution in [0.1, 0.15) is 55.7 Å². The van der Waals surface area contributed by atoms with Crippen LogP contribution in [0, 0.1) is 11.8 Å². The summed E-state index contributed by atoms with van der Waals surface area (Å²) in [6.07, 6.45) is -4.60. The van der Waals surface area contributed by atoms with Crippen molar-refractivity contribution in [2.45, 2.75) is 56.7 Å². The van der Waals surface area contributed by atoms with Gasteiger partial charge in [0.2, 0.25) is 0 Å². The molecule has 0 aliphatic heterocycles. The minimum atomic E-state index is -4.29. The third kappa shape index (κ3) is 5.67. The molecular weight excluding hydrogens is 451 g/mol. The number of benzene rings is 1. The zero-order valence-corrected chi connectivity index (χ0v) is 19.2. The van der Waals surface area contributed by atoms with E-state index in [1.807, 2.05) is 0 Å². The van der Waals surface area contributed by atoms with E-state index in [-0.39, 0.29) is 0 Å². The van der Waals surface area contributed by atoms with Gasteiger partial charge in [0.15, 0.2) is 33.5 Å². The second kappa shape index (κ2) is 9.21. The first-order valence-corrected chi connectivity index (χ1v) is 11.8. The number of carbonyl (C=O) groups excluding carboxylic acids is 3. The highest BCUT2D eigenvalue weighted by atomic mass is 32.2. The fourth-order valence-corrected chi connectivity index (χ4v) is 4.43. The topological polar surface area (TPSA) is 107 Å². The van der Waals surface area contributed by atoms with Gasteiger partial charge < -0.3 is 10.1 Å². The summed E-state index contributed by atoms with van der Waals surface area (Å²) in [5, 5.41) is 2.37. The van der Waals surface area contributed by atoms with Crippen molar-refractivity contribution in [1.29, 1.82) is 0 Å². The van der Waals surface area contributed by atoms with Gasteiger partial charge in [-0.25, -0.2) is 21.6 Å². The van der Waals surface area contributed by atoms with Crippen LogP contribution in [0.25, 0.3) is 0 Å². The molecule has 1 aromatic carbocycles. The van der Waals surface area contributed by atoms with Crippen LogP contribution in [0.15, 0.2) is 17.0 Å². The number of sulfone groups is 1. The lowest BCUT2D eigenvalue weighted by Gasteiger charge is -2.24. The van der Waals surface area contributed by atoms with E-state index in [1.54, 1.807) is 0 Å². The standard InChI is InChI=1S/C21H26F3NO6S/c1-21(2,3)31-20(28)13(16(26)10-6-7-10)17(27)12-9-8-11(14(22)19(23)24)15(25-4)18(12)32(5,29)30/h8-10,13-14,19,25H,6-7H2,1-5H3. The number of rotatable bonds is 9. The first-order valence-electron chi connectivity index (χ1n) is 9.87. The molecule has 0 bridgehead atoms. The van der Waals surface area contributed by atoms with Gasteiger partial charge in [-0.1, -0.05) is 6.07 Å². The zero-order valence-electron chi connectivity index (χ0n) is 18.4. The highest BCUT2D eigenvalue weighted by Crippen LogP contribution is 2.39. The van der Waals surface area contributed by atoms with Gasteiger partial charge in [0.1, 0.15) is 10.5 Å². The van der Waals surface area contributed by atoms with E-state index < -0.39 is 79.1 Å². The number of halogens is 3. The highest BCUT2D eigenvalue weighted by Gasteiger charge is 2.46. The Morgan fingerprint density at radius 2 is 1.69 bits per heavy atom. The fourth-order valence-electron chi connectivity index (χ4n) is 3.27. The predicted molar refractivity (Wildman–Crippen MR) is 110 cm³/mol. The van der Waals surface area contributed by atoms with Gasteiger partial charge in [-0.3, -0.25) is 14.4 Å². The van der Waals surface area contributed by atoms with E-state index >= 15 is 0 Å². The average molecular weight is 478 g/mol. The van der Waals surface area contributed by atoms with Crippen LogP contribution in [-0.4, -0.2) is 51.3 Å². The van der Waals surface area contributed by atoms with E-state index in [1.165, 1.54) is 27.8 Å². The van der Waals surface area contributed by atoms with Crippen molar-refractivity contribution in [2.75, 3.05) is 18.6 Å². The number of ether oxygens (including phenoxy) is 1. The molecule has 0 saturated heterocycles. The Bertz CT molecular complexity index is 1030. The SMILES string of the molecule is CNc1c(C(F)C(F)F)ccc(C(=O)C(C(=O)OC(C)(C)C)C(=O)C2CC2)c1S(C)(=O)=O. The van der Waals surface area contributed by atoms with Crippen LogP contribution >= 0.6 is 0 Å². The minimum Gasteiger partial charge on any atom is -0.459 e. The van der Waals surface area contributed by atoms with E-state index in [0.717, 1.165) is 12.1 Å². The number of Topliss-reactive ketones (excluding diaryl/α,β-unsaturated/α-hetero) is 2. The maximum atomic E-state index is 14.1. The third-order valence-electron chi connectivity index (χ3n) is 4.76. The first kappa shape index (κ1) is 25.8. The van der Waals surface area contributed by atoms with Crippen LogP contribution < -0.4 is 5.32 Å². The first-order chi connectivity index (χ1) is 14.6. The van der Waals surface area contributed by atoms with Gasteiger partial charge in [0.05, 0.1) is 5.69 Å². The largest absolute Gasteiger partial charge is 0.459 e. The molecule has 7 nitrogen and oxygen atoms in total. The summed E-state index contributed by atoms with van der Waals surface area (Å²) in [5.74, 6) is -5.43. The van der Waals surface area contributed by atoms with Crippen molar-refractivity contribution < 1.29 is 40.7 Å². The molecule has 0 amide bonds. The maximum absolute atomic E-state index is 14.1. The van der Waals surface area contributed by atoms with Crippen molar-refractivity contribution in [3.63, 3.8) is 0 Å². The quantitative estimate of drug-likeness (QED) is 0.329. The van der Waals surface area contributed by atoms with Gasteiger partial charge in [0.25, 0.3) is 6.43 Å². The van der Waals surface area contributed by atoms with Crippen LogP contribution in [0.5, 0.6) is 0 Å². The van der Waals surface area contributed by atoms with E-state index in [4.69, 9.17) is 4.74 Å². The molecule has 1 fully saturated rings. The highest BCUT2D eigenvalue weighted by molar-refractivity contribution is 7.91. The number of ketones is 2. The molecule has 0 aromatic heterocycles. The molecule has 0 radical (unpaired) electrons. The molecule has 11 heteroatoms. The number of nitrogens with one attached hydrogen (secondary N) is 1. The molecule has 0 spiro atoms. The van der Waals surface area contributed by atoms with Crippen molar-refractivity contribution in [2.24, 2.45) is 11.8 Å². The summed E-state index contributed by atoms with van der Waals surface area (Å²) in [6.45, 7) is 4.61. The normalized spacial score (nSPS) is 16.4. The molecule has 2 atom stereocenters. The smallest absolute Gasteiger partial charge is 0.325 e. The third-order valence-corrected chi connectivity index (χ3v) is 5.93. The van der Waals surface area contributed by atoms with Gasteiger partial charge in [-0.15, -0.1) is 0 Å². The van der Waals surface area contributed by atoms with Crippen LogP contribution in [0.2, 0.25) is 0 Å². The molecule has 1 aromatic rings. The summed E-state index contributed by atoms with van der Waals surface area (Å²) < 4.78 is 70.3. The van der Waals surface area contributed by atoms with Crippen molar-refractivity contribution in [3.05, 3.63) is 23.3 Å². The molecule has 2 unspecified atom stereocenters. The number of anilines is 1. The lowest BCUT2D eigenvalue weighted by Crippen LogP contribution is -2.39.